The predicted molar refractivity (Wildman–Crippen MR) is 48.3 cm³/mol. The summed E-state index contributed by atoms with van der Waals surface area (Å²) < 4.78 is -1.37. The molecule has 0 aromatic carbocycles. The molecule has 0 fully saturated rings. The molecule has 1 aliphatic carbocycles. The molecule has 0 saturated carbocycles. The molecule has 0 spiro atoms. The Morgan fingerprint density at radius 2 is 1.91 bits per heavy atom. The van der Waals surface area contributed by atoms with E-state index in [1.807, 2.05) is 0 Å². The number of allylic oxidation sites excluding steroid dienone is 2. The summed E-state index contributed by atoms with van der Waals surface area (Å²) in [7, 11) is 0. The van der Waals surface area contributed by atoms with E-state index in [-0.39, 0.29) is 10.1 Å². The number of aliphatic hydroxyl groups excluding tert-OH is 1. The Hall–Kier alpha value is 0.600. The van der Waals surface area contributed by atoms with Gasteiger partial charge < -0.3 is 5.11 Å². The summed E-state index contributed by atoms with van der Waals surface area (Å²) in [5, 5.41) is 9.62. The minimum atomic E-state index is -1.37. The molecule has 1 aliphatic rings. The number of hydrogen-bond donors (Lipinski definition) is 1. The van der Waals surface area contributed by atoms with Gasteiger partial charge in [0, 0.05) is 0 Å². The molecule has 0 aromatic rings. The van der Waals surface area contributed by atoms with Crippen LogP contribution in [-0.4, -0.2) is 15.5 Å². The summed E-state index contributed by atoms with van der Waals surface area (Å²) in [6, 6.07) is 0. The highest BCUT2D eigenvalue weighted by atomic mass is 35.5. The monoisotopic (exact) mass is 232 g/mol. The van der Waals surface area contributed by atoms with Gasteiger partial charge >= 0.3 is 0 Å². The second-order valence-electron chi connectivity index (χ2n) is 2.11. The third kappa shape index (κ3) is 1.85. The number of rotatable bonds is 0. The van der Waals surface area contributed by atoms with E-state index < -0.39 is 10.4 Å². The van der Waals surface area contributed by atoms with Crippen molar-refractivity contribution in [2.24, 2.45) is 0 Å². The van der Waals surface area contributed by atoms with Gasteiger partial charge in [-0.15, -0.1) is 0 Å². The van der Waals surface area contributed by atoms with E-state index in [0.717, 1.165) is 0 Å². The Bertz CT molecular complexity index is 231. The summed E-state index contributed by atoms with van der Waals surface area (Å²) in [5.41, 5.74) is 0. The van der Waals surface area contributed by atoms with Crippen molar-refractivity contribution in [3.63, 3.8) is 0 Å². The minimum absolute atomic E-state index is 0.0687. The van der Waals surface area contributed by atoms with Gasteiger partial charge in [-0.25, -0.2) is 0 Å². The molecular weight excluding hydrogens is 230 g/mol. The standard InChI is InChI=1S/C6H4Cl4O/c7-3-1-2-6(9,10)5(11)4(3)8/h1-2,5,11H. The molecule has 0 amide bonds. The summed E-state index contributed by atoms with van der Waals surface area (Å²) >= 11 is 22.4. The largest absolute Gasteiger partial charge is 0.384 e. The lowest BCUT2D eigenvalue weighted by Crippen LogP contribution is -2.31. The van der Waals surface area contributed by atoms with E-state index in [9.17, 15) is 5.11 Å². The molecule has 1 rings (SSSR count). The second kappa shape index (κ2) is 3.15. The van der Waals surface area contributed by atoms with E-state index in [1.165, 1.54) is 12.2 Å². The first-order valence-corrected chi connectivity index (χ1v) is 4.26. The molecular formula is C6H4Cl4O. The molecule has 0 heterocycles. The van der Waals surface area contributed by atoms with E-state index in [1.54, 1.807) is 0 Å². The van der Waals surface area contributed by atoms with E-state index in [2.05, 4.69) is 0 Å². The van der Waals surface area contributed by atoms with Crippen molar-refractivity contribution < 1.29 is 5.11 Å². The van der Waals surface area contributed by atoms with Crippen LogP contribution in [0.3, 0.4) is 0 Å². The zero-order valence-electron chi connectivity index (χ0n) is 5.19. The first kappa shape index (κ1) is 9.69. The van der Waals surface area contributed by atoms with Crippen LogP contribution in [0.15, 0.2) is 22.2 Å². The van der Waals surface area contributed by atoms with Crippen LogP contribution >= 0.6 is 46.4 Å². The van der Waals surface area contributed by atoms with Crippen LogP contribution < -0.4 is 0 Å². The average Bonchev–Trinajstić information content (AvgIpc) is 1.95. The maximum atomic E-state index is 9.29. The van der Waals surface area contributed by atoms with Gasteiger partial charge in [0.2, 0.25) is 0 Å². The first-order valence-electron chi connectivity index (χ1n) is 2.75. The highest BCUT2D eigenvalue weighted by Gasteiger charge is 2.36. The van der Waals surface area contributed by atoms with Gasteiger partial charge in [0.05, 0.1) is 10.1 Å². The fourth-order valence-electron chi connectivity index (χ4n) is 0.655. The number of alkyl halides is 2. The van der Waals surface area contributed by atoms with Crippen molar-refractivity contribution in [2.75, 3.05) is 0 Å². The highest BCUT2D eigenvalue weighted by Crippen LogP contribution is 2.38. The molecule has 0 aliphatic heterocycles. The molecule has 1 atom stereocenters. The Morgan fingerprint density at radius 3 is 2.36 bits per heavy atom. The van der Waals surface area contributed by atoms with E-state index >= 15 is 0 Å². The van der Waals surface area contributed by atoms with Gasteiger partial charge in [0.1, 0.15) is 6.10 Å². The Labute approximate surface area is 84.2 Å². The highest BCUT2D eigenvalue weighted by molar-refractivity contribution is 6.52. The smallest absolute Gasteiger partial charge is 0.167 e. The van der Waals surface area contributed by atoms with Crippen molar-refractivity contribution in [1.82, 2.24) is 0 Å². The molecule has 0 aromatic heterocycles. The quantitative estimate of drug-likeness (QED) is 0.639. The molecule has 11 heavy (non-hydrogen) atoms. The van der Waals surface area contributed by atoms with Crippen molar-refractivity contribution in [1.29, 1.82) is 0 Å². The molecule has 1 nitrogen and oxygen atoms in total. The van der Waals surface area contributed by atoms with Crippen LogP contribution in [-0.2, 0) is 0 Å². The van der Waals surface area contributed by atoms with Crippen molar-refractivity contribution >= 4 is 46.4 Å². The molecule has 0 bridgehead atoms. The van der Waals surface area contributed by atoms with E-state index in [4.69, 9.17) is 46.4 Å². The maximum Gasteiger partial charge on any atom is 0.167 e. The lowest BCUT2D eigenvalue weighted by atomic mass is 10.1. The Morgan fingerprint density at radius 1 is 1.36 bits per heavy atom. The summed E-state index contributed by atoms with van der Waals surface area (Å²) in [6.45, 7) is 0. The van der Waals surface area contributed by atoms with Gasteiger partial charge in [0.15, 0.2) is 4.33 Å². The number of halogens is 4. The maximum absolute atomic E-state index is 9.29. The topological polar surface area (TPSA) is 20.2 Å². The van der Waals surface area contributed by atoms with Gasteiger partial charge in [-0.3, -0.25) is 0 Å². The average molecular weight is 234 g/mol. The zero-order valence-corrected chi connectivity index (χ0v) is 8.21. The second-order valence-corrected chi connectivity index (χ2v) is 4.36. The van der Waals surface area contributed by atoms with Crippen molar-refractivity contribution in [2.45, 2.75) is 10.4 Å². The molecule has 1 unspecified atom stereocenters. The number of hydrogen-bond acceptors (Lipinski definition) is 1. The van der Waals surface area contributed by atoms with Gasteiger partial charge in [-0.1, -0.05) is 46.4 Å². The Balaban J connectivity index is 3.01. The van der Waals surface area contributed by atoms with Crippen LogP contribution in [0.1, 0.15) is 0 Å². The van der Waals surface area contributed by atoms with Crippen LogP contribution in [0.2, 0.25) is 0 Å². The van der Waals surface area contributed by atoms with Crippen LogP contribution in [0.5, 0.6) is 0 Å². The predicted octanol–water partition coefficient (Wildman–Crippen LogP) is 2.78. The SMILES string of the molecule is OC1C(Cl)=C(Cl)C=CC1(Cl)Cl. The van der Waals surface area contributed by atoms with Gasteiger partial charge in [-0.05, 0) is 12.2 Å². The fourth-order valence-corrected chi connectivity index (χ4v) is 1.51. The van der Waals surface area contributed by atoms with Crippen LogP contribution in [0, 0.1) is 0 Å². The molecule has 0 radical (unpaired) electrons. The minimum Gasteiger partial charge on any atom is -0.384 e. The number of aliphatic hydroxyl groups is 1. The summed E-state index contributed by atoms with van der Waals surface area (Å²) in [5.74, 6) is 0. The fraction of sp³-hybridized carbons (Fsp3) is 0.333. The molecule has 5 heteroatoms. The van der Waals surface area contributed by atoms with Crippen LogP contribution in [0.25, 0.3) is 0 Å². The first-order chi connectivity index (χ1) is 4.95. The van der Waals surface area contributed by atoms with Crippen LogP contribution in [0.4, 0.5) is 0 Å². The lowest BCUT2D eigenvalue weighted by molar-refractivity contribution is 0.212. The zero-order chi connectivity index (χ0) is 8.65. The third-order valence-corrected chi connectivity index (χ3v) is 2.79. The Kier molecular flexibility index (Phi) is 2.78. The summed E-state index contributed by atoms with van der Waals surface area (Å²) in [6.07, 6.45) is 1.69. The van der Waals surface area contributed by atoms with Crippen molar-refractivity contribution in [3.8, 4) is 0 Å². The third-order valence-electron chi connectivity index (χ3n) is 1.28. The summed E-state index contributed by atoms with van der Waals surface area (Å²) in [4.78, 5) is 0. The van der Waals surface area contributed by atoms with Gasteiger partial charge in [-0.2, -0.15) is 0 Å². The van der Waals surface area contributed by atoms with Gasteiger partial charge in [0.25, 0.3) is 0 Å². The lowest BCUT2D eigenvalue weighted by Gasteiger charge is -2.25. The normalized spacial score (nSPS) is 29.4. The van der Waals surface area contributed by atoms with E-state index in [0.29, 0.717) is 0 Å². The molecule has 1 N–H and O–H groups in total. The molecule has 62 valence electrons. The molecule has 0 saturated heterocycles. The van der Waals surface area contributed by atoms with Crippen molar-refractivity contribution in [3.05, 3.63) is 22.2 Å².